The minimum absolute atomic E-state index is 0.00760. The number of aliphatic imine (C=N–C) groups is 1. The molecule has 8 aliphatic heterocycles. The first-order chi connectivity index (χ1) is 61.7. The van der Waals surface area contributed by atoms with Gasteiger partial charge in [-0.2, -0.15) is 15.0 Å². The molecule has 0 saturated carbocycles. The van der Waals surface area contributed by atoms with Gasteiger partial charge in [0.2, 0.25) is 0 Å². The number of rotatable bonds is 25. The Labute approximate surface area is 731 Å². The van der Waals surface area contributed by atoms with E-state index in [1.807, 2.05) is 32.7 Å². The van der Waals surface area contributed by atoms with Crippen LogP contribution in [0.3, 0.4) is 0 Å². The van der Waals surface area contributed by atoms with E-state index in [1.54, 1.807) is 42.5 Å². The smallest absolute Gasteiger partial charge is 0.351 e. The quantitative estimate of drug-likeness (QED) is 0.0156. The Kier molecular flexibility index (Phi) is 34.6. The Bertz CT molecular complexity index is 5680. The number of nitrogens with two attached hydrogens (primary N) is 3. The van der Waals surface area contributed by atoms with Gasteiger partial charge in [0, 0.05) is 111 Å². The summed E-state index contributed by atoms with van der Waals surface area (Å²) in [6, 6.07) is 6.48. The van der Waals surface area contributed by atoms with Gasteiger partial charge < -0.3 is 106 Å². The van der Waals surface area contributed by atoms with E-state index in [0.29, 0.717) is 31.5 Å². The molecule has 0 amide bonds. The molecule has 2 unspecified atom stereocenters. The number of hydrogen-bond acceptors (Lipinski definition) is 40. The summed E-state index contributed by atoms with van der Waals surface area (Å²) in [4.78, 5) is 141. The lowest BCUT2D eigenvalue weighted by atomic mass is 9.85. The first-order valence-corrected chi connectivity index (χ1v) is 39.9. The SMILES string of the molecule is CC[C@@]1(CN=[N+]=[N-])O[C@@H](N2C=CC(N)=NC2)[C@@H](O)[C@@H]1O.CC[C@@]1(CN=[N+]=[N-])O[C@@H](n2ccc(=O)[nH]c2=O)C(OC(C)=O)[C@@H]1C.CC[C@@]1(CN=[N+]=[N-])O[C@@H](n2ccc(=O)[nH]c2=O)[C@@H](O)[C@@H]1O.CC[C@@]1(CN=[N+]=[N-])O[C@@H](n2ccc(N)nc2=O)C(OC(C)=O)[C@@H]1C.CC[C@@]1(CN=[N+]=[N-])O[C@@H]2[C@@H](Oc3nc(=O)ccn32)[C@@H]1O.[N-]=[N+]=NC[C@]1(CO)O[C@@H](n2ccc(N)nc2=O)[C@@H](O)[C@@H]1O. The molecule has 13 rings (SSSR count). The van der Waals surface area contributed by atoms with Gasteiger partial charge in [-0.25, -0.2) is 24.2 Å². The zero-order valence-corrected chi connectivity index (χ0v) is 71.2. The fraction of sp³-hybridized carbons (Fsp3) is 0.648. The maximum Gasteiger partial charge on any atom is 0.351 e. The van der Waals surface area contributed by atoms with Crippen molar-refractivity contribution >= 4 is 29.4 Å². The highest BCUT2D eigenvalue weighted by atomic mass is 16.6. The number of aromatic nitrogens is 10. The van der Waals surface area contributed by atoms with Crippen molar-refractivity contribution in [2.75, 3.05) is 64.0 Å². The molecule has 130 heavy (non-hydrogen) atoms. The molecule has 16 N–H and O–H groups in total. The van der Waals surface area contributed by atoms with Crippen molar-refractivity contribution < 1.29 is 93.1 Å². The van der Waals surface area contributed by atoms with Crippen LogP contribution in [0, 0.1) is 11.8 Å². The summed E-state index contributed by atoms with van der Waals surface area (Å²) < 4.78 is 56.9. The van der Waals surface area contributed by atoms with E-state index < -0.39 is 197 Å². The van der Waals surface area contributed by atoms with Crippen LogP contribution in [0.5, 0.6) is 6.01 Å². The number of azide groups is 6. The van der Waals surface area contributed by atoms with Crippen molar-refractivity contribution in [3.63, 3.8) is 0 Å². The largest absolute Gasteiger partial charge is 0.457 e. The average molecular weight is 1830 g/mol. The van der Waals surface area contributed by atoms with E-state index in [4.69, 9.17) is 93.0 Å². The van der Waals surface area contributed by atoms with Gasteiger partial charge in [-0.3, -0.25) is 56.8 Å². The van der Waals surface area contributed by atoms with Crippen molar-refractivity contribution in [1.82, 2.24) is 52.7 Å². The predicted octanol–water partition coefficient (Wildman–Crippen LogP) is -0.142. The summed E-state index contributed by atoms with van der Waals surface area (Å²) in [6.45, 7) is 14.2. The van der Waals surface area contributed by atoms with Crippen molar-refractivity contribution in [3.8, 4) is 6.01 Å². The number of amidine groups is 1. The predicted molar refractivity (Wildman–Crippen MR) is 445 cm³/mol. The van der Waals surface area contributed by atoms with Crippen LogP contribution in [-0.2, 0) is 47.5 Å². The summed E-state index contributed by atoms with van der Waals surface area (Å²) in [5.41, 5.74) is 56.1. The van der Waals surface area contributed by atoms with Gasteiger partial charge in [0.25, 0.3) is 16.7 Å². The number of aromatic amines is 2. The molecule has 704 valence electrons. The number of carbonyl (C=O) groups is 2. The fourth-order valence-corrected chi connectivity index (χ4v) is 15.6. The number of aliphatic hydroxyl groups excluding tert-OH is 8. The van der Waals surface area contributed by atoms with E-state index in [1.165, 1.54) is 78.2 Å². The van der Waals surface area contributed by atoms with Crippen molar-refractivity contribution in [2.24, 2.45) is 53.2 Å². The van der Waals surface area contributed by atoms with Crippen molar-refractivity contribution in [2.45, 2.75) is 226 Å². The second-order valence-corrected chi connectivity index (χ2v) is 30.4. The Morgan fingerprint density at radius 1 is 0.469 bits per heavy atom. The lowest BCUT2D eigenvalue weighted by molar-refractivity contribution is -0.155. The third-order valence-corrected chi connectivity index (χ3v) is 23.2. The number of carbonyl (C=O) groups excluding carboxylic acids is 2. The second kappa shape index (κ2) is 44.1. The first-order valence-electron chi connectivity index (χ1n) is 39.9. The summed E-state index contributed by atoms with van der Waals surface area (Å²) in [7, 11) is 0. The zero-order valence-electron chi connectivity index (χ0n) is 71.2. The molecule has 59 heteroatoms. The van der Waals surface area contributed by atoms with Gasteiger partial charge in [0.1, 0.15) is 89.3 Å². The number of anilines is 2. The molecule has 59 nitrogen and oxygen atoms in total. The summed E-state index contributed by atoms with van der Waals surface area (Å²) in [5, 5.41) is 101. The van der Waals surface area contributed by atoms with Crippen molar-refractivity contribution in [3.05, 3.63) is 209 Å². The number of nitrogens with zero attached hydrogens (tertiary/aromatic N) is 28. The first kappa shape index (κ1) is 102. The molecule has 6 saturated heterocycles. The monoisotopic (exact) mass is 1830 g/mol. The highest BCUT2D eigenvalue weighted by Gasteiger charge is 2.61. The van der Waals surface area contributed by atoms with Gasteiger partial charge in [0.05, 0.1) is 57.1 Å². The highest BCUT2D eigenvalue weighted by molar-refractivity contribution is 5.91. The highest BCUT2D eigenvalue weighted by Crippen LogP contribution is 2.49. The van der Waals surface area contributed by atoms with E-state index >= 15 is 0 Å². The second-order valence-electron chi connectivity index (χ2n) is 30.4. The lowest BCUT2D eigenvalue weighted by Gasteiger charge is -2.31. The molecule has 5 aromatic rings. The third-order valence-electron chi connectivity index (χ3n) is 23.2. The molecule has 6 fully saturated rings. The van der Waals surface area contributed by atoms with E-state index in [9.17, 15) is 84.0 Å². The van der Waals surface area contributed by atoms with Crippen LogP contribution in [0.2, 0.25) is 0 Å². The molecule has 0 aromatic carbocycles. The van der Waals surface area contributed by atoms with Gasteiger partial charge in [-0.1, -0.05) is 79.2 Å². The third kappa shape index (κ3) is 22.0. The van der Waals surface area contributed by atoms with Gasteiger partial charge in [-0.05, 0) is 83.5 Å². The van der Waals surface area contributed by atoms with Crippen LogP contribution < -0.4 is 61.4 Å². The lowest BCUT2D eigenvalue weighted by Crippen LogP contribution is -2.48. The fourth-order valence-electron chi connectivity index (χ4n) is 15.6. The molecule has 13 heterocycles. The normalized spacial score (nSPS) is 31.9. The summed E-state index contributed by atoms with van der Waals surface area (Å²) in [6.07, 6.45) is -4.79. The standard InChI is InChI=1S/C14H20N6O4.C14H19N5O5.C11H18N6O3.C11H15N5O5.C11H13N5O4.C10H14N6O5/c1-4-14(7-17-19-16)8(2)11(23-9(3)21)12(24-14)20-6-5-10(15)18-13(20)22;1-4-14(7-16-18-15)8(2)11(23-9(3)20)12(24-14)19-6-5-10(21)17-13(19)22;1-2-11(5-15-16-13)9(19)8(18)10(20-11)17-4-3-7(12)14-6-17;1-2-11(5-13-15-12)8(19)7(18)9(21-11)16-4-3-6(17)14-10(16)20;1-2-11(5-13-15-12)8(18)7-9(20-11)16-4-3-6(17)14-10(16)19-7;11-5-1-2-16(9(20)14-5)8-6(18)7(19)10(4-17,21-8)3-13-15-12/h5-6,8,11-12H,4,7H2,1-3H3,(H2,15,18,22);5-6,8,11-12H,4,7H2,1-3H3,(H,17,21,22);3-4,8-10,18-19H,2,5-6H2,1H3,(H2,12,14);3-4,7-9,18-19H,2,5H2,1H3,(H,14,17,20);3-4,7-9,18H,2,5H2,1H3;1-2,6-8,17-19H,3-4H2,(H2,11,14,20)/t2*8-,11?,12+,14-;8-,9-,10+,11-;2*7-,8-,9+,11-;6-,7-,8+,10+/m000000/s1. The number of aliphatic hydroxyl groups is 8. The number of fused-ring (bicyclic) bond motifs is 3. The number of nitrogen functional groups attached to an aromatic ring is 2. The maximum atomic E-state index is 12.1. The van der Waals surface area contributed by atoms with Crippen LogP contribution in [0.15, 0.2) is 143 Å². The van der Waals surface area contributed by atoms with Crippen LogP contribution in [-0.4, -0.2) is 265 Å². The topological polar surface area (TPSA) is 880 Å². The molecular formula is C71H99N33O26. The van der Waals surface area contributed by atoms with E-state index in [2.05, 4.69) is 85.1 Å². The summed E-state index contributed by atoms with van der Waals surface area (Å²) in [5.74, 6) is -1.17. The molecule has 24 atom stereocenters. The van der Waals surface area contributed by atoms with Gasteiger partial charge in [-0.15, -0.1) is 0 Å². The zero-order chi connectivity index (χ0) is 96.1. The average Bonchev–Trinajstić information content (AvgIpc) is 1.57. The minimum Gasteiger partial charge on any atom is -0.457 e. The minimum atomic E-state index is -1.70. The number of ether oxygens (including phenoxy) is 9. The molecule has 0 spiro atoms. The van der Waals surface area contributed by atoms with Crippen LogP contribution in [0.25, 0.3) is 62.7 Å². The Morgan fingerprint density at radius 2 is 0.808 bits per heavy atom. The molecule has 0 aliphatic carbocycles. The Hall–Kier alpha value is -13.3. The molecule has 0 bridgehead atoms. The Balaban J connectivity index is 0.000000193. The number of H-pyrrole nitrogens is 2. The maximum absolute atomic E-state index is 12.1. The van der Waals surface area contributed by atoms with Crippen molar-refractivity contribution in [1.29, 1.82) is 0 Å². The molecule has 5 aromatic heterocycles. The van der Waals surface area contributed by atoms with Gasteiger partial charge in [0.15, 0.2) is 55.7 Å². The van der Waals surface area contributed by atoms with Crippen LogP contribution in [0.1, 0.15) is 126 Å². The molecule has 8 aliphatic rings. The van der Waals surface area contributed by atoms with Crippen LogP contribution in [0.4, 0.5) is 11.6 Å². The number of esters is 2. The summed E-state index contributed by atoms with van der Waals surface area (Å²) >= 11 is 0. The number of nitrogens with one attached hydrogen (secondary N) is 2. The van der Waals surface area contributed by atoms with E-state index in [-0.39, 0.29) is 75.3 Å². The van der Waals surface area contributed by atoms with Gasteiger partial charge >= 0.3 is 40.7 Å². The molecular weight excluding hydrogens is 1730 g/mol. The Morgan fingerprint density at radius 3 is 1.20 bits per heavy atom. The van der Waals surface area contributed by atoms with E-state index in [0.717, 1.165) is 15.2 Å². The number of hydrogen-bond donors (Lipinski definition) is 13. The van der Waals surface area contributed by atoms with Crippen LogP contribution >= 0.6 is 0 Å². The molecule has 0 radical (unpaired) electrons.